The van der Waals surface area contributed by atoms with Gasteiger partial charge in [0, 0.05) is 0 Å². The topological polar surface area (TPSA) is 65.5 Å². The normalized spacial score (nSPS) is 12.8. The van der Waals surface area contributed by atoms with Crippen LogP contribution in [-0.4, -0.2) is 13.1 Å². The van der Waals surface area contributed by atoms with E-state index < -0.39 is 11.5 Å². The molecule has 0 radical (unpaired) electrons. The molecule has 1 atom stereocenters. The summed E-state index contributed by atoms with van der Waals surface area (Å²) in [5.74, 6) is 0.194. The van der Waals surface area contributed by atoms with Gasteiger partial charge in [0.15, 0.2) is 4.67 Å². The molecule has 4 nitrogen and oxygen atoms in total. The lowest BCUT2D eigenvalue weighted by Crippen LogP contribution is -2.37. The van der Waals surface area contributed by atoms with E-state index in [1.54, 1.807) is 26.0 Å². The van der Waals surface area contributed by atoms with E-state index in [9.17, 15) is 4.79 Å². The van der Waals surface area contributed by atoms with Gasteiger partial charge in [-0.2, -0.15) is 0 Å². The first-order valence-corrected chi connectivity index (χ1v) is 5.28. The van der Waals surface area contributed by atoms with Crippen molar-refractivity contribution in [2.24, 2.45) is 11.1 Å². The van der Waals surface area contributed by atoms with Crippen LogP contribution in [0.25, 0.3) is 0 Å². The Morgan fingerprint density at radius 2 is 2.12 bits per heavy atom. The second kappa shape index (κ2) is 5.70. The third-order valence-corrected chi connectivity index (χ3v) is 2.82. The van der Waals surface area contributed by atoms with E-state index in [0.717, 1.165) is 0 Å². The zero-order valence-electron chi connectivity index (χ0n) is 9.32. The lowest BCUT2D eigenvalue weighted by atomic mass is 9.83. The van der Waals surface area contributed by atoms with Gasteiger partial charge in [-0.05, 0) is 41.9 Å². The highest BCUT2D eigenvalue weighted by Gasteiger charge is 2.38. The van der Waals surface area contributed by atoms with Crippen LogP contribution in [0, 0.1) is 5.41 Å². The van der Waals surface area contributed by atoms with Crippen molar-refractivity contribution in [2.45, 2.75) is 19.9 Å². The summed E-state index contributed by atoms with van der Waals surface area (Å²) >= 11 is 3.18. The number of furan rings is 1. The maximum atomic E-state index is 11.5. The number of nitrogens with two attached hydrogens (primary N) is 1. The van der Waals surface area contributed by atoms with Crippen LogP contribution < -0.4 is 5.73 Å². The van der Waals surface area contributed by atoms with Gasteiger partial charge in [0.05, 0.1) is 18.6 Å². The van der Waals surface area contributed by atoms with Gasteiger partial charge in [-0.3, -0.25) is 4.79 Å². The average molecular weight is 313 g/mol. The molecule has 0 unspecified atom stereocenters. The molecule has 0 aromatic carbocycles. The van der Waals surface area contributed by atoms with Crippen LogP contribution in [0.15, 0.2) is 21.2 Å². The van der Waals surface area contributed by atoms with Crippen molar-refractivity contribution >= 4 is 34.3 Å². The summed E-state index contributed by atoms with van der Waals surface area (Å²) in [5, 5.41) is 0. The molecule has 0 amide bonds. The Kier molecular flexibility index (Phi) is 5.52. The Balaban J connectivity index is 0.00000225. The molecule has 0 aliphatic heterocycles. The van der Waals surface area contributed by atoms with Crippen molar-refractivity contribution in [3.8, 4) is 0 Å². The number of hydrogen-bond acceptors (Lipinski definition) is 4. The van der Waals surface area contributed by atoms with E-state index in [2.05, 4.69) is 15.9 Å². The molecule has 1 heterocycles. The maximum absolute atomic E-state index is 11.5. The van der Waals surface area contributed by atoms with Crippen LogP contribution in [0.1, 0.15) is 25.6 Å². The second-order valence-corrected chi connectivity index (χ2v) is 4.61. The van der Waals surface area contributed by atoms with Crippen molar-refractivity contribution in [2.75, 3.05) is 7.11 Å². The lowest BCUT2D eigenvalue weighted by molar-refractivity contribution is -0.152. The molecule has 0 bridgehead atoms. The maximum Gasteiger partial charge on any atom is 0.313 e. The number of ether oxygens (including phenoxy) is 1. The van der Waals surface area contributed by atoms with E-state index in [-0.39, 0.29) is 18.4 Å². The minimum absolute atomic E-state index is 0. The average Bonchev–Trinajstić information content (AvgIpc) is 2.62. The molecule has 0 aliphatic carbocycles. The summed E-state index contributed by atoms with van der Waals surface area (Å²) in [6.45, 7) is 3.44. The molecule has 1 aromatic heterocycles. The highest BCUT2D eigenvalue weighted by Crippen LogP contribution is 2.34. The minimum atomic E-state index is -0.813. The van der Waals surface area contributed by atoms with E-state index in [0.29, 0.717) is 10.4 Å². The molecular formula is C10H15BrClNO3. The van der Waals surface area contributed by atoms with Crippen molar-refractivity contribution in [1.82, 2.24) is 0 Å². The number of carbonyl (C=O) groups is 1. The number of esters is 1. The van der Waals surface area contributed by atoms with Gasteiger partial charge in [-0.15, -0.1) is 12.4 Å². The van der Waals surface area contributed by atoms with Crippen LogP contribution in [0.4, 0.5) is 0 Å². The second-order valence-electron chi connectivity index (χ2n) is 3.83. The lowest BCUT2D eigenvalue weighted by Gasteiger charge is -2.26. The van der Waals surface area contributed by atoms with Gasteiger partial charge in [-0.1, -0.05) is 0 Å². The van der Waals surface area contributed by atoms with Gasteiger partial charge in [0.2, 0.25) is 0 Å². The first kappa shape index (κ1) is 15.5. The van der Waals surface area contributed by atoms with Gasteiger partial charge in [0.25, 0.3) is 0 Å². The molecule has 0 aliphatic rings. The summed E-state index contributed by atoms with van der Waals surface area (Å²) in [7, 11) is 1.34. The Bertz CT molecular complexity index is 365. The van der Waals surface area contributed by atoms with Crippen molar-refractivity contribution in [3.63, 3.8) is 0 Å². The number of hydrogen-bond donors (Lipinski definition) is 1. The number of halogens is 2. The fourth-order valence-electron chi connectivity index (χ4n) is 1.24. The van der Waals surface area contributed by atoms with E-state index in [1.165, 1.54) is 7.11 Å². The van der Waals surface area contributed by atoms with Crippen LogP contribution in [0.3, 0.4) is 0 Å². The van der Waals surface area contributed by atoms with E-state index in [1.807, 2.05) is 0 Å². The quantitative estimate of drug-likeness (QED) is 0.871. The molecule has 0 fully saturated rings. The molecular weight excluding hydrogens is 297 g/mol. The third-order valence-electron chi connectivity index (χ3n) is 2.39. The fraction of sp³-hybridized carbons (Fsp3) is 0.500. The standard InChI is InChI=1S/C10H14BrNO3.ClH/c1-10(2,9(13)14-3)8(12)6-4-5-7(11)15-6;/h4-5,8H,12H2,1-3H3;1H/t8-;/m1./s1. The molecule has 6 heteroatoms. The Labute approximate surface area is 109 Å². The number of rotatable bonds is 3. The molecule has 1 aromatic rings. The molecule has 0 spiro atoms. The molecule has 16 heavy (non-hydrogen) atoms. The first-order valence-electron chi connectivity index (χ1n) is 4.49. The van der Waals surface area contributed by atoms with Gasteiger partial charge in [0.1, 0.15) is 5.76 Å². The summed E-state index contributed by atoms with van der Waals surface area (Å²) in [5.41, 5.74) is 5.13. The zero-order chi connectivity index (χ0) is 11.6. The molecule has 0 saturated carbocycles. The first-order chi connectivity index (χ1) is 6.89. The summed E-state index contributed by atoms with van der Waals surface area (Å²) in [4.78, 5) is 11.5. The van der Waals surface area contributed by atoms with Crippen LogP contribution in [0.5, 0.6) is 0 Å². The van der Waals surface area contributed by atoms with Crippen LogP contribution in [0.2, 0.25) is 0 Å². The molecule has 2 N–H and O–H groups in total. The zero-order valence-corrected chi connectivity index (χ0v) is 11.7. The third kappa shape index (κ3) is 2.99. The van der Waals surface area contributed by atoms with Crippen molar-refractivity contribution in [1.29, 1.82) is 0 Å². The Hall–Kier alpha value is -0.520. The van der Waals surface area contributed by atoms with Gasteiger partial charge < -0.3 is 14.9 Å². The SMILES string of the molecule is COC(=O)C(C)(C)[C@H](N)c1ccc(Br)o1.Cl. The number of methoxy groups -OCH3 is 1. The smallest absolute Gasteiger partial charge is 0.313 e. The monoisotopic (exact) mass is 311 g/mol. The highest BCUT2D eigenvalue weighted by atomic mass is 79.9. The molecule has 1 rings (SSSR count). The van der Waals surface area contributed by atoms with E-state index >= 15 is 0 Å². The van der Waals surface area contributed by atoms with E-state index in [4.69, 9.17) is 14.9 Å². The largest absolute Gasteiger partial charge is 0.469 e. The van der Waals surface area contributed by atoms with Crippen LogP contribution >= 0.6 is 28.3 Å². The molecule has 0 saturated heterocycles. The minimum Gasteiger partial charge on any atom is -0.469 e. The summed E-state index contributed by atoms with van der Waals surface area (Å²) < 4.78 is 10.6. The van der Waals surface area contributed by atoms with Gasteiger partial charge >= 0.3 is 5.97 Å². The van der Waals surface area contributed by atoms with Crippen molar-refractivity contribution < 1.29 is 13.9 Å². The summed E-state index contributed by atoms with van der Waals surface area (Å²) in [6, 6.07) is 2.94. The Morgan fingerprint density at radius 3 is 2.50 bits per heavy atom. The van der Waals surface area contributed by atoms with Crippen molar-refractivity contribution in [3.05, 3.63) is 22.6 Å². The predicted molar refractivity (Wildman–Crippen MR) is 66.4 cm³/mol. The highest BCUT2D eigenvalue weighted by molar-refractivity contribution is 9.10. The summed E-state index contributed by atoms with van der Waals surface area (Å²) in [6.07, 6.45) is 0. The van der Waals surface area contributed by atoms with Crippen LogP contribution in [-0.2, 0) is 9.53 Å². The fourth-order valence-corrected chi connectivity index (χ4v) is 1.56. The molecule has 92 valence electrons. The predicted octanol–water partition coefficient (Wildman–Crippen LogP) is 2.66. The van der Waals surface area contributed by atoms with Gasteiger partial charge in [-0.25, -0.2) is 0 Å². The number of carbonyl (C=O) groups excluding carboxylic acids is 1. The Morgan fingerprint density at radius 1 is 1.56 bits per heavy atom.